The lowest BCUT2D eigenvalue weighted by atomic mass is 9.89. The molecular weight excluding hydrogens is 417 g/mol. The number of likely N-dealkylation sites (N-methyl/N-ethyl adjacent to an activating group) is 1. The fourth-order valence-electron chi connectivity index (χ4n) is 4.08. The van der Waals surface area contributed by atoms with Gasteiger partial charge in [0.1, 0.15) is 28.2 Å². The third-order valence-electron chi connectivity index (χ3n) is 5.49. The van der Waals surface area contributed by atoms with Crippen LogP contribution in [0.1, 0.15) is 17.9 Å². The molecule has 0 bridgehead atoms. The van der Waals surface area contributed by atoms with Crippen molar-refractivity contribution in [3.63, 3.8) is 0 Å². The van der Waals surface area contributed by atoms with Gasteiger partial charge in [-0.1, -0.05) is 23.7 Å². The van der Waals surface area contributed by atoms with Crippen molar-refractivity contribution < 1.29 is 19.7 Å². The minimum Gasteiger partial charge on any atom is -0.507 e. The smallest absolute Gasteiger partial charge is 0.197 e. The zero-order chi connectivity index (χ0) is 20.0. The van der Waals surface area contributed by atoms with Gasteiger partial charge in [0.15, 0.2) is 5.43 Å². The second kappa shape index (κ2) is 8.24. The van der Waals surface area contributed by atoms with Crippen LogP contribution >= 0.6 is 24.0 Å². The molecule has 0 amide bonds. The monoisotopic (exact) mass is 437 g/mol. The first kappa shape index (κ1) is 21.5. The standard InChI is InChI=1S/C21H20ClNO5.ClH/c1-23-6-5-13(14(23)10-24)19-15(25)8-16(26)20-17(27)9-18(28-21(19)20)11-3-2-4-12(22)7-11;/h2-4,7-9,13-14,24-26H,5-6,10H2,1H3;1H/t13-,14+;/m0./s1. The third kappa shape index (κ3) is 3.69. The summed E-state index contributed by atoms with van der Waals surface area (Å²) in [6.45, 7) is 0.636. The lowest BCUT2D eigenvalue weighted by molar-refractivity contribution is 0.172. The number of hydrogen-bond donors (Lipinski definition) is 3. The highest BCUT2D eigenvalue weighted by Crippen LogP contribution is 2.44. The van der Waals surface area contributed by atoms with Gasteiger partial charge in [-0.05, 0) is 32.1 Å². The minimum absolute atomic E-state index is 0. The van der Waals surface area contributed by atoms with E-state index in [2.05, 4.69) is 0 Å². The van der Waals surface area contributed by atoms with Gasteiger partial charge in [-0.2, -0.15) is 0 Å². The van der Waals surface area contributed by atoms with Crippen LogP contribution in [0.2, 0.25) is 5.02 Å². The Bertz CT molecular complexity index is 1110. The molecule has 2 atom stereocenters. The Morgan fingerprint density at radius 3 is 2.66 bits per heavy atom. The summed E-state index contributed by atoms with van der Waals surface area (Å²) in [5, 5.41) is 31.2. The number of phenols is 2. The number of rotatable bonds is 3. The molecule has 6 nitrogen and oxygen atoms in total. The first-order valence-corrected chi connectivity index (χ1v) is 9.38. The maximum atomic E-state index is 12.8. The van der Waals surface area contributed by atoms with Gasteiger partial charge < -0.3 is 24.6 Å². The molecule has 0 aliphatic carbocycles. The summed E-state index contributed by atoms with van der Waals surface area (Å²) in [7, 11) is 1.90. The Hall–Kier alpha value is -2.25. The number of benzene rings is 2. The van der Waals surface area contributed by atoms with Crippen LogP contribution in [0.4, 0.5) is 0 Å². The molecule has 8 heteroatoms. The van der Waals surface area contributed by atoms with Crippen LogP contribution in [0, 0.1) is 0 Å². The Morgan fingerprint density at radius 2 is 1.97 bits per heavy atom. The molecule has 0 spiro atoms. The van der Waals surface area contributed by atoms with E-state index in [9.17, 15) is 20.1 Å². The first-order valence-electron chi connectivity index (χ1n) is 9.00. The number of aromatic hydroxyl groups is 2. The second-order valence-electron chi connectivity index (χ2n) is 7.14. The highest BCUT2D eigenvalue weighted by Gasteiger charge is 2.36. The molecule has 1 saturated heterocycles. The van der Waals surface area contributed by atoms with E-state index in [4.69, 9.17) is 16.0 Å². The molecule has 1 fully saturated rings. The highest BCUT2D eigenvalue weighted by molar-refractivity contribution is 6.30. The van der Waals surface area contributed by atoms with Crippen LogP contribution in [0.15, 0.2) is 45.6 Å². The predicted octanol–water partition coefficient (Wildman–Crippen LogP) is 3.73. The van der Waals surface area contributed by atoms with Crippen LogP contribution < -0.4 is 5.43 Å². The van der Waals surface area contributed by atoms with E-state index in [0.717, 1.165) is 6.54 Å². The van der Waals surface area contributed by atoms with Gasteiger partial charge in [0.25, 0.3) is 0 Å². The highest BCUT2D eigenvalue weighted by atomic mass is 35.5. The van der Waals surface area contributed by atoms with Crippen LogP contribution in [-0.4, -0.2) is 46.5 Å². The first-order chi connectivity index (χ1) is 13.4. The molecule has 0 saturated carbocycles. The van der Waals surface area contributed by atoms with E-state index in [1.807, 2.05) is 11.9 Å². The third-order valence-corrected chi connectivity index (χ3v) is 5.72. The van der Waals surface area contributed by atoms with Gasteiger partial charge in [-0.25, -0.2) is 0 Å². The lowest BCUT2D eigenvalue weighted by Gasteiger charge is -2.24. The maximum absolute atomic E-state index is 12.8. The predicted molar refractivity (Wildman–Crippen MR) is 114 cm³/mol. The van der Waals surface area contributed by atoms with Crippen molar-refractivity contribution in [3.8, 4) is 22.8 Å². The summed E-state index contributed by atoms with van der Waals surface area (Å²) in [6.07, 6.45) is 0.681. The van der Waals surface area contributed by atoms with Crippen LogP contribution in [0.3, 0.4) is 0 Å². The van der Waals surface area contributed by atoms with Crippen molar-refractivity contribution in [2.75, 3.05) is 20.2 Å². The summed E-state index contributed by atoms with van der Waals surface area (Å²) in [4.78, 5) is 14.8. The Labute approximate surface area is 178 Å². The number of aliphatic hydroxyl groups excluding tert-OH is 1. The molecule has 1 aliphatic rings. The summed E-state index contributed by atoms with van der Waals surface area (Å²) in [5.74, 6) is -0.446. The molecule has 4 rings (SSSR count). The van der Waals surface area contributed by atoms with Crippen molar-refractivity contribution in [1.29, 1.82) is 0 Å². The number of fused-ring (bicyclic) bond motifs is 1. The van der Waals surface area contributed by atoms with E-state index in [0.29, 0.717) is 22.6 Å². The van der Waals surface area contributed by atoms with E-state index < -0.39 is 5.43 Å². The van der Waals surface area contributed by atoms with Gasteiger partial charge >= 0.3 is 0 Å². The van der Waals surface area contributed by atoms with Crippen molar-refractivity contribution in [2.45, 2.75) is 18.4 Å². The zero-order valence-electron chi connectivity index (χ0n) is 15.6. The fourth-order valence-corrected chi connectivity index (χ4v) is 4.27. The largest absolute Gasteiger partial charge is 0.507 e. The molecule has 0 radical (unpaired) electrons. The number of aliphatic hydroxyl groups is 1. The van der Waals surface area contributed by atoms with E-state index in [1.54, 1.807) is 24.3 Å². The minimum atomic E-state index is -0.415. The number of nitrogens with zero attached hydrogens (tertiary/aromatic N) is 1. The van der Waals surface area contributed by atoms with Gasteiger partial charge in [-0.3, -0.25) is 4.79 Å². The van der Waals surface area contributed by atoms with E-state index in [1.165, 1.54) is 12.1 Å². The van der Waals surface area contributed by atoms with Crippen LogP contribution in [-0.2, 0) is 0 Å². The fraction of sp³-hybridized carbons (Fsp3) is 0.286. The molecule has 3 N–H and O–H groups in total. The summed E-state index contributed by atoms with van der Waals surface area (Å²) in [6, 6.07) is 9.15. The van der Waals surface area contributed by atoms with E-state index in [-0.39, 0.29) is 59.2 Å². The van der Waals surface area contributed by atoms with Crippen molar-refractivity contribution >= 4 is 35.0 Å². The Morgan fingerprint density at radius 1 is 1.21 bits per heavy atom. The van der Waals surface area contributed by atoms with Gasteiger partial charge in [0, 0.05) is 40.2 Å². The Kier molecular flexibility index (Phi) is 6.10. The quantitative estimate of drug-likeness (QED) is 0.577. The summed E-state index contributed by atoms with van der Waals surface area (Å²) >= 11 is 6.06. The van der Waals surface area contributed by atoms with Gasteiger partial charge in [0.2, 0.25) is 0 Å². The molecule has 1 aromatic heterocycles. The van der Waals surface area contributed by atoms with Crippen LogP contribution in [0.25, 0.3) is 22.3 Å². The average Bonchev–Trinajstić information content (AvgIpc) is 3.01. The van der Waals surface area contributed by atoms with E-state index >= 15 is 0 Å². The zero-order valence-corrected chi connectivity index (χ0v) is 17.2. The molecule has 3 aromatic rings. The molecule has 1 aliphatic heterocycles. The SMILES string of the molecule is CN1CC[C@H](c2c(O)cc(O)c3c(=O)cc(-c4cccc(Cl)c4)oc23)[C@H]1CO.Cl. The maximum Gasteiger partial charge on any atom is 0.197 e. The topological polar surface area (TPSA) is 94.1 Å². The lowest BCUT2D eigenvalue weighted by Crippen LogP contribution is -2.32. The number of hydrogen-bond acceptors (Lipinski definition) is 6. The number of halogens is 2. The summed E-state index contributed by atoms with van der Waals surface area (Å²) in [5.41, 5.74) is 0.764. The molecular formula is C21H21Cl2NO5. The average molecular weight is 438 g/mol. The molecule has 2 heterocycles. The Balaban J connectivity index is 0.00000240. The molecule has 29 heavy (non-hydrogen) atoms. The number of phenolic OH excluding ortho intramolecular Hbond substituents is 2. The molecule has 2 aromatic carbocycles. The van der Waals surface area contributed by atoms with Crippen molar-refractivity contribution in [1.82, 2.24) is 4.90 Å². The normalized spacial score (nSPS) is 19.4. The van der Waals surface area contributed by atoms with Crippen molar-refractivity contribution in [3.05, 3.63) is 57.2 Å². The van der Waals surface area contributed by atoms with Crippen LogP contribution in [0.5, 0.6) is 11.5 Å². The second-order valence-corrected chi connectivity index (χ2v) is 7.58. The number of likely N-dealkylation sites (tertiary alicyclic amines) is 1. The van der Waals surface area contributed by atoms with Crippen molar-refractivity contribution in [2.24, 2.45) is 0 Å². The molecule has 154 valence electrons. The van der Waals surface area contributed by atoms with Gasteiger partial charge in [-0.15, -0.1) is 12.4 Å². The molecule has 0 unspecified atom stereocenters. The summed E-state index contributed by atoms with van der Waals surface area (Å²) < 4.78 is 6.04. The van der Waals surface area contributed by atoms with Gasteiger partial charge in [0.05, 0.1) is 6.61 Å².